The summed E-state index contributed by atoms with van der Waals surface area (Å²) < 4.78 is 4.69. The molecule has 0 saturated heterocycles. The highest BCUT2D eigenvalue weighted by Crippen LogP contribution is 2.17. The van der Waals surface area contributed by atoms with Gasteiger partial charge in [-0.1, -0.05) is 13.8 Å². The van der Waals surface area contributed by atoms with Crippen LogP contribution in [0, 0.1) is 20.2 Å². The van der Waals surface area contributed by atoms with Gasteiger partial charge in [0.15, 0.2) is 5.78 Å². The van der Waals surface area contributed by atoms with Crippen molar-refractivity contribution in [2.24, 2.45) is 22.9 Å². The van der Waals surface area contributed by atoms with Crippen molar-refractivity contribution in [3.63, 3.8) is 0 Å². The van der Waals surface area contributed by atoms with E-state index in [4.69, 9.17) is 66.6 Å². The fourth-order valence-corrected chi connectivity index (χ4v) is 5.25. The van der Waals surface area contributed by atoms with Crippen molar-refractivity contribution in [2.45, 2.75) is 150 Å². The molecule has 4 unspecified atom stereocenters. The first-order valence-electron chi connectivity index (χ1n) is 24.5. The summed E-state index contributed by atoms with van der Waals surface area (Å²) in [6.07, 6.45) is 7.74. The van der Waals surface area contributed by atoms with Crippen molar-refractivity contribution in [2.75, 3.05) is 31.5 Å². The quantitative estimate of drug-likeness (QED) is 0.0108. The maximum atomic E-state index is 10.8. The van der Waals surface area contributed by atoms with E-state index in [9.17, 15) is 68.2 Å². The summed E-state index contributed by atoms with van der Waals surface area (Å²) in [6, 6.07) is 7.71. The number of nitrogens with zero attached hydrogens (tertiary/aromatic N) is 2. The molecule has 29 nitrogen and oxygen atoms in total. The number of amides is 4. The lowest BCUT2D eigenvalue weighted by atomic mass is 10.1. The number of benzene rings is 2. The standard InChI is InChI=1S/C10H18N2O4.2C8H16N2O3.C8H7NO4.C8H7NO3.C6H14N2O2.CH2Cl2.CH4/c1-7(13)11-6-4-3-5-9(10(15)16)12-8(2)14;2*1-6(11)10-5-3-2-4-7(9)8(12)13;1-6(10)13-8-4-2-7(3-5-8)9(11)12;1-6(10)7-2-4-8(5-3-7)9(11)12;7-4-2-1-3-5(8)6(9)10;2-1-3;/h9H,3-6H2,1-2H3,(H,11,13)(H,12,14)(H,15,16);2*7H,2-5,9H2,1H3,(H,10,11)(H,12,13);2-5H,1H3;2-5H,1H3;5H,1-4,7-8H2,(H,9,10);1H2;1H4. The van der Waals surface area contributed by atoms with Gasteiger partial charge in [-0.3, -0.25) is 63.4 Å². The Morgan fingerprint density at radius 1 is 0.519 bits per heavy atom. The van der Waals surface area contributed by atoms with E-state index in [0.717, 1.165) is 25.7 Å². The number of ether oxygens (including phenoxy) is 1. The van der Waals surface area contributed by atoms with Crippen LogP contribution in [-0.4, -0.2) is 145 Å². The zero-order valence-electron chi connectivity index (χ0n) is 45.8. The van der Waals surface area contributed by atoms with Crippen molar-refractivity contribution in [1.82, 2.24) is 21.3 Å². The summed E-state index contributed by atoms with van der Waals surface area (Å²) in [4.78, 5) is 124. The molecule has 0 heterocycles. The fraction of sp³-hybridized carbons (Fsp3) is 0.560. The zero-order chi connectivity index (χ0) is 62.8. The number of nitrogens with one attached hydrogen (secondary N) is 4. The Hall–Kier alpha value is -7.44. The lowest BCUT2D eigenvalue weighted by Gasteiger charge is -2.12. The number of carbonyl (C=O) groups is 10. The SMILES string of the molecule is C.CC(=O)NCCCCC(N)C(=O)O.CC(=O)NCCCCC(N)C(=O)O.CC(=O)NCCCCC(NC(C)=O)C(=O)O.CC(=O)Oc1ccc([N+](=O)[O-])cc1.CC(=O)c1ccc([N+](=O)[O-])cc1.ClCCl.NCCCCC(N)C(=O)O. The Kier molecular flexibility index (Phi) is 57.1. The van der Waals surface area contributed by atoms with Crippen molar-refractivity contribution < 1.29 is 83.0 Å². The Bertz CT molecular complexity index is 2090. The molecule has 4 amide bonds. The van der Waals surface area contributed by atoms with Crippen LogP contribution in [0.2, 0.25) is 0 Å². The molecule has 81 heavy (non-hydrogen) atoms. The molecule has 0 bridgehead atoms. The lowest BCUT2D eigenvalue weighted by molar-refractivity contribution is -0.385. The molecule has 0 saturated carbocycles. The average Bonchev–Trinajstić information content (AvgIpc) is 3.36. The number of nitro groups is 2. The van der Waals surface area contributed by atoms with Gasteiger partial charge in [-0.2, -0.15) is 0 Å². The maximum absolute atomic E-state index is 10.8. The van der Waals surface area contributed by atoms with Crippen molar-refractivity contribution in [3.05, 3.63) is 74.3 Å². The highest BCUT2D eigenvalue weighted by molar-refractivity contribution is 6.40. The van der Waals surface area contributed by atoms with Gasteiger partial charge in [-0.15, -0.1) is 23.2 Å². The first-order chi connectivity index (χ1) is 37.3. The summed E-state index contributed by atoms with van der Waals surface area (Å²) >= 11 is 9.53. The number of esters is 1. The number of nitro benzene ring substituents is 2. The largest absolute Gasteiger partial charge is 0.480 e. The predicted molar refractivity (Wildman–Crippen MR) is 303 cm³/mol. The Morgan fingerprint density at radius 3 is 1.07 bits per heavy atom. The second-order valence-corrected chi connectivity index (χ2v) is 17.3. The third-order valence-electron chi connectivity index (χ3n) is 9.32. The molecule has 16 N–H and O–H groups in total. The number of aliphatic carboxylic acids is 4. The summed E-state index contributed by atoms with van der Waals surface area (Å²) in [5.74, 6) is -4.74. The highest BCUT2D eigenvalue weighted by Gasteiger charge is 2.17. The number of carbonyl (C=O) groups excluding carboxylic acids is 6. The number of halogens is 2. The molecule has 0 aromatic heterocycles. The number of unbranched alkanes of at least 4 members (excludes halogenated alkanes) is 4. The van der Waals surface area contributed by atoms with Crippen LogP contribution in [0.5, 0.6) is 5.75 Å². The summed E-state index contributed by atoms with van der Waals surface area (Å²) in [5.41, 5.74) is 21.4. The Labute approximate surface area is 481 Å². The second-order valence-electron chi connectivity index (χ2n) is 16.5. The smallest absolute Gasteiger partial charge is 0.326 e. The predicted octanol–water partition coefficient (Wildman–Crippen LogP) is 4.19. The van der Waals surface area contributed by atoms with Crippen LogP contribution in [0.4, 0.5) is 11.4 Å². The normalized spacial score (nSPS) is 10.9. The van der Waals surface area contributed by atoms with Gasteiger partial charge in [0.25, 0.3) is 11.4 Å². The van der Waals surface area contributed by atoms with E-state index in [1.54, 1.807) is 0 Å². The molecule has 0 aliphatic heterocycles. The minimum Gasteiger partial charge on any atom is -0.480 e. The Balaban J connectivity index is -0.000000206. The number of Topliss-reactive ketones (excluding diaryl/α,β-unsaturated/α-hetero) is 1. The third kappa shape index (κ3) is 60.1. The monoisotopic (exact) mass is 1200 g/mol. The summed E-state index contributed by atoms with van der Waals surface area (Å²) in [7, 11) is 0. The van der Waals surface area contributed by atoms with E-state index < -0.39 is 63.9 Å². The number of alkyl halides is 2. The number of hydrogen-bond donors (Lipinski definition) is 12. The van der Waals surface area contributed by atoms with E-state index in [1.165, 1.54) is 90.1 Å². The number of nitrogens with two attached hydrogens (primary N) is 4. The van der Waals surface area contributed by atoms with Gasteiger partial charge in [-0.05, 0) is 108 Å². The molecule has 0 aliphatic carbocycles. The molecule has 0 radical (unpaired) electrons. The van der Waals surface area contributed by atoms with E-state index in [2.05, 4.69) is 26.0 Å². The van der Waals surface area contributed by atoms with Crippen LogP contribution in [0.25, 0.3) is 0 Å². The highest BCUT2D eigenvalue weighted by atomic mass is 35.5. The molecule has 31 heteroatoms. The number of ketones is 1. The number of carboxylic acids is 4. The molecule has 2 aromatic rings. The van der Waals surface area contributed by atoms with Crippen molar-refractivity contribution >= 4 is 93.8 Å². The van der Waals surface area contributed by atoms with Gasteiger partial charge >= 0.3 is 29.8 Å². The Morgan fingerprint density at radius 2 is 0.827 bits per heavy atom. The van der Waals surface area contributed by atoms with E-state index >= 15 is 0 Å². The van der Waals surface area contributed by atoms with Crippen LogP contribution < -0.4 is 48.9 Å². The number of carboxylic acid groups (broad SMARTS) is 4. The summed E-state index contributed by atoms with van der Waals surface area (Å²) in [5, 5.41) is 64.8. The van der Waals surface area contributed by atoms with Crippen LogP contribution >= 0.6 is 23.2 Å². The molecule has 2 aromatic carbocycles. The molecular formula is C50H84Cl2N10O19. The van der Waals surface area contributed by atoms with E-state index in [0.29, 0.717) is 88.9 Å². The molecule has 462 valence electrons. The molecule has 0 aliphatic rings. The van der Waals surface area contributed by atoms with Crippen molar-refractivity contribution in [1.29, 1.82) is 0 Å². The van der Waals surface area contributed by atoms with Gasteiger partial charge in [0.05, 0.1) is 15.2 Å². The fourth-order valence-electron chi connectivity index (χ4n) is 5.25. The van der Waals surface area contributed by atoms with Gasteiger partial charge in [0, 0.05) is 84.1 Å². The third-order valence-corrected chi connectivity index (χ3v) is 9.32. The average molecular weight is 1200 g/mol. The first-order valence-corrected chi connectivity index (χ1v) is 25.6. The van der Waals surface area contributed by atoms with E-state index in [1.807, 2.05) is 0 Å². The number of rotatable bonds is 28. The molecule has 4 atom stereocenters. The molecular weight excluding hydrogens is 1120 g/mol. The molecule has 2 rings (SSSR count). The maximum Gasteiger partial charge on any atom is 0.326 e. The van der Waals surface area contributed by atoms with Crippen LogP contribution in [0.15, 0.2) is 48.5 Å². The molecule has 0 fully saturated rings. The van der Waals surface area contributed by atoms with Gasteiger partial charge in [0.1, 0.15) is 29.9 Å². The minimum absolute atomic E-state index is 0. The lowest BCUT2D eigenvalue weighted by Crippen LogP contribution is -2.39. The van der Waals surface area contributed by atoms with Gasteiger partial charge in [0.2, 0.25) is 23.6 Å². The topological polar surface area (TPSA) is 499 Å². The van der Waals surface area contributed by atoms with Crippen LogP contribution in [0.3, 0.4) is 0 Å². The van der Waals surface area contributed by atoms with Crippen molar-refractivity contribution in [3.8, 4) is 5.75 Å². The zero-order valence-corrected chi connectivity index (χ0v) is 47.3. The summed E-state index contributed by atoms with van der Waals surface area (Å²) in [6.45, 7) is 10.6. The van der Waals surface area contributed by atoms with Gasteiger partial charge in [-0.25, -0.2) is 4.79 Å². The van der Waals surface area contributed by atoms with E-state index in [-0.39, 0.29) is 53.6 Å². The molecule has 0 spiro atoms. The first kappa shape index (κ1) is 84.9. The second kappa shape index (κ2) is 54.5. The minimum atomic E-state index is -1.03. The number of hydrogen-bond acceptors (Lipinski definition) is 19. The number of non-ortho nitro benzene ring substituents is 2. The van der Waals surface area contributed by atoms with Gasteiger partial charge < -0.3 is 69.4 Å². The van der Waals surface area contributed by atoms with Crippen LogP contribution in [0.1, 0.15) is 136 Å². The van der Waals surface area contributed by atoms with Crippen LogP contribution in [-0.2, 0) is 43.2 Å².